The predicted octanol–water partition coefficient (Wildman–Crippen LogP) is 2.72. The van der Waals surface area contributed by atoms with Gasteiger partial charge in [-0.1, -0.05) is 41.9 Å². The predicted molar refractivity (Wildman–Crippen MR) is 67.6 cm³/mol. The van der Waals surface area contributed by atoms with Gasteiger partial charge >= 0.3 is 0 Å². The van der Waals surface area contributed by atoms with Gasteiger partial charge in [0, 0.05) is 11.5 Å². The number of ketones is 1. The SMILES string of the molecule is CC(=O)[C@@H](N)CSSCCCC(C)C. The first-order chi connectivity index (χ1) is 6.54. The molecular weight excluding hydrogens is 214 g/mol. The lowest BCUT2D eigenvalue weighted by molar-refractivity contribution is -0.117. The highest BCUT2D eigenvalue weighted by atomic mass is 33.1. The molecule has 0 aliphatic heterocycles. The van der Waals surface area contributed by atoms with Crippen LogP contribution in [0.1, 0.15) is 33.6 Å². The maximum absolute atomic E-state index is 10.8. The molecule has 0 aliphatic carbocycles. The van der Waals surface area contributed by atoms with Gasteiger partial charge in [0.05, 0.1) is 6.04 Å². The summed E-state index contributed by atoms with van der Waals surface area (Å²) in [6, 6.07) is -0.280. The molecule has 0 saturated carbocycles. The third kappa shape index (κ3) is 8.91. The average molecular weight is 235 g/mol. The number of Topliss-reactive ketones (excluding diaryl/α,β-unsaturated/α-hetero) is 1. The van der Waals surface area contributed by atoms with Crippen molar-refractivity contribution in [3.8, 4) is 0 Å². The van der Waals surface area contributed by atoms with Crippen LogP contribution in [-0.4, -0.2) is 23.3 Å². The van der Waals surface area contributed by atoms with Gasteiger partial charge < -0.3 is 5.73 Å². The first-order valence-electron chi connectivity index (χ1n) is 5.04. The summed E-state index contributed by atoms with van der Waals surface area (Å²) in [5.41, 5.74) is 5.60. The Labute approximate surface area is 95.2 Å². The summed E-state index contributed by atoms with van der Waals surface area (Å²) in [6.45, 7) is 6.03. The molecule has 0 aromatic carbocycles. The number of carbonyl (C=O) groups excluding carboxylic acids is 1. The summed E-state index contributed by atoms with van der Waals surface area (Å²) in [6.07, 6.45) is 2.54. The quantitative estimate of drug-likeness (QED) is 0.519. The Morgan fingerprint density at radius 2 is 2.00 bits per heavy atom. The molecule has 84 valence electrons. The van der Waals surface area contributed by atoms with Gasteiger partial charge in [-0.25, -0.2) is 0 Å². The van der Waals surface area contributed by atoms with Gasteiger partial charge in [0.1, 0.15) is 5.78 Å². The Hall–Kier alpha value is 0.330. The van der Waals surface area contributed by atoms with Crippen molar-refractivity contribution in [2.24, 2.45) is 11.7 Å². The maximum Gasteiger partial charge on any atom is 0.147 e. The summed E-state index contributed by atoms with van der Waals surface area (Å²) in [4.78, 5) is 10.8. The van der Waals surface area contributed by atoms with E-state index in [9.17, 15) is 4.79 Å². The summed E-state index contributed by atoms with van der Waals surface area (Å²) in [5.74, 6) is 2.77. The van der Waals surface area contributed by atoms with E-state index in [0.29, 0.717) is 0 Å². The minimum Gasteiger partial charge on any atom is -0.321 e. The molecule has 0 heterocycles. The van der Waals surface area contributed by atoms with Crippen molar-refractivity contribution in [2.45, 2.75) is 39.7 Å². The van der Waals surface area contributed by atoms with Crippen LogP contribution in [0.25, 0.3) is 0 Å². The first-order valence-corrected chi connectivity index (χ1v) is 7.53. The molecular formula is C10H21NOS2. The third-order valence-corrected chi connectivity index (χ3v) is 4.39. The minimum absolute atomic E-state index is 0.0836. The Bertz CT molecular complexity index is 162. The number of nitrogens with two attached hydrogens (primary N) is 1. The summed E-state index contributed by atoms with van der Waals surface area (Å²) in [5, 5.41) is 0. The molecule has 2 nitrogen and oxygen atoms in total. The summed E-state index contributed by atoms with van der Waals surface area (Å²) >= 11 is 0. The lowest BCUT2D eigenvalue weighted by Crippen LogP contribution is -2.30. The van der Waals surface area contributed by atoms with Gasteiger partial charge in [-0.05, 0) is 19.3 Å². The van der Waals surface area contributed by atoms with Gasteiger partial charge in [0.15, 0.2) is 0 Å². The largest absolute Gasteiger partial charge is 0.321 e. The maximum atomic E-state index is 10.8. The van der Waals surface area contributed by atoms with E-state index >= 15 is 0 Å². The van der Waals surface area contributed by atoms with Crippen molar-refractivity contribution >= 4 is 27.4 Å². The van der Waals surface area contributed by atoms with Crippen molar-refractivity contribution in [3.05, 3.63) is 0 Å². The molecule has 1 atom stereocenters. The standard InChI is InChI=1S/C10H21NOS2/c1-8(2)5-4-6-13-14-7-10(11)9(3)12/h8,10H,4-7,11H2,1-3H3/t10-/m0/s1. The summed E-state index contributed by atoms with van der Waals surface area (Å²) in [7, 11) is 3.54. The number of rotatable bonds is 8. The lowest BCUT2D eigenvalue weighted by atomic mass is 10.1. The molecule has 2 N–H and O–H groups in total. The Morgan fingerprint density at radius 1 is 1.36 bits per heavy atom. The zero-order valence-corrected chi connectivity index (χ0v) is 10.9. The minimum atomic E-state index is -0.280. The molecule has 0 rings (SSSR count). The monoisotopic (exact) mass is 235 g/mol. The van der Waals surface area contributed by atoms with E-state index in [0.717, 1.165) is 17.4 Å². The second-order valence-corrected chi connectivity index (χ2v) is 6.49. The van der Waals surface area contributed by atoms with Crippen molar-refractivity contribution in [1.82, 2.24) is 0 Å². The molecule has 0 spiro atoms. The van der Waals surface area contributed by atoms with Gasteiger partial charge in [-0.3, -0.25) is 4.79 Å². The Kier molecular flexibility index (Phi) is 8.83. The molecule has 0 fully saturated rings. The molecule has 0 aliphatic rings. The molecule has 0 aromatic heterocycles. The van der Waals surface area contributed by atoms with E-state index in [1.165, 1.54) is 12.8 Å². The van der Waals surface area contributed by atoms with Crippen molar-refractivity contribution in [2.75, 3.05) is 11.5 Å². The van der Waals surface area contributed by atoms with Crippen LogP contribution in [0.15, 0.2) is 0 Å². The smallest absolute Gasteiger partial charge is 0.147 e. The first kappa shape index (κ1) is 14.3. The number of hydrogen-bond donors (Lipinski definition) is 1. The van der Waals surface area contributed by atoms with Crippen LogP contribution in [0, 0.1) is 5.92 Å². The molecule has 0 amide bonds. The summed E-state index contributed by atoms with van der Waals surface area (Å²) < 4.78 is 0. The fourth-order valence-electron chi connectivity index (χ4n) is 0.848. The van der Waals surface area contributed by atoms with Gasteiger partial charge in [0.25, 0.3) is 0 Å². The van der Waals surface area contributed by atoms with Crippen molar-refractivity contribution < 1.29 is 4.79 Å². The normalized spacial score (nSPS) is 13.2. The van der Waals surface area contributed by atoms with Crippen LogP contribution >= 0.6 is 21.6 Å². The highest BCUT2D eigenvalue weighted by Crippen LogP contribution is 2.23. The van der Waals surface area contributed by atoms with Crippen LogP contribution < -0.4 is 5.73 Å². The zero-order valence-electron chi connectivity index (χ0n) is 9.29. The molecule has 0 saturated heterocycles. The molecule has 0 radical (unpaired) electrons. The number of carbonyl (C=O) groups is 1. The van der Waals surface area contributed by atoms with E-state index in [1.54, 1.807) is 17.7 Å². The molecule has 4 heteroatoms. The fourth-order valence-corrected chi connectivity index (χ4v) is 3.16. The van der Waals surface area contributed by atoms with Crippen molar-refractivity contribution in [3.63, 3.8) is 0 Å². The highest BCUT2D eigenvalue weighted by molar-refractivity contribution is 8.76. The van der Waals surface area contributed by atoms with Crippen molar-refractivity contribution in [1.29, 1.82) is 0 Å². The zero-order chi connectivity index (χ0) is 11.0. The Balaban J connectivity index is 3.17. The van der Waals surface area contributed by atoms with E-state index in [2.05, 4.69) is 13.8 Å². The second-order valence-electron chi connectivity index (χ2n) is 3.86. The van der Waals surface area contributed by atoms with E-state index in [1.807, 2.05) is 10.8 Å². The third-order valence-electron chi connectivity index (χ3n) is 1.86. The van der Waals surface area contributed by atoms with E-state index < -0.39 is 0 Å². The fraction of sp³-hybridized carbons (Fsp3) is 0.900. The molecule has 0 unspecified atom stereocenters. The van der Waals surface area contributed by atoms with Crippen LogP contribution in [-0.2, 0) is 4.79 Å². The molecule has 0 aromatic rings. The van der Waals surface area contributed by atoms with Gasteiger partial charge in [-0.2, -0.15) is 0 Å². The van der Waals surface area contributed by atoms with Crippen LogP contribution in [0.5, 0.6) is 0 Å². The van der Waals surface area contributed by atoms with E-state index in [-0.39, 0.29) is 11.8 Å². The number of hydrogen-bond acceptors (Lipinski definition) is 4. The molecule has 14 heavy (non-hydrogen) atoms. The van der Waals surface area contributed by atoms with Crippen LogP contribution in [0.2, 0.25) is 0 Å². The van der Waals surface area contributed by atoms with Crippen LogP contribution in [0.4, 0.5) is 0 Å². The van der Waals surface area contributed by atoms with E-state index in [4.69, 9.17) is 5.73 Å². The van der Waals surface area contributed by atoms with Gasteiger partial charge in [0.2, 0.25) is 0 Å². The molecule has 0 bridgehead atoms. The van der Waals surface area contributed by atoms with Crippen LogP contribution in [0.3, 0.4) is 0 Å². The van der Waals surface area contributed by atoms with Gasteiger partial charge in [-0.15, -0.1) is 0 Å². The lowest BCUT2D eigenvalue weighted by Gasteiger charge is -2.07. The Morgan fingerprint density at radius 3 is 2.50 bits per heavy atom. The second kappa shape index (κ2) is 8.62. The highest BCUT2D eigenvalue weighted by Gasteiger charge is 2.07. The average Bonchev–Trinajstić information content (AvgIpc) is 2.09. The topological polar surface area (TPSA) is 43.1 Å².